The van der Waals surface area contributed by atoms with Gasteiger partial charge in [0.25, 0.3) is 0 Å². The van der Waals surface area contributed by atoms with E-state index < -0.39 is 0 Å². The second-order valence-corrected chi connectivity index (χ2v) is 3.76. The van der Waals surface area contributed by atoms with E-state index in [0.29, 0.717) is 5.33 Å². The highest BCUT2D eigenvalue weighted by Crippen LogP contribution is 2.17. The van der Waals surface area contributed by atoms with Crippen molar-refractivity contribution in [2.24, 2.45) is 0 Å². The molecule has 0 saturated carbocycles. The molecular weight excluding hydrogens is 261 g/mol. The fraction of sp³-hybridized carbons (Fsp3) is 0.200. The molecule has 3 nitrogen and oxygen atoms in total. The molecule has 0 N–H and O–H groups in total. The number of hydrogen-bond donors (Lipinski definition) is 0. The largest absolute Gasteiger partial charge is 0.216 e. The van der Waals surface area contributed by atoms with E-state index in [1.807, 2.05) is 6.92 Å². The summed E-state index contributed by atoms with van der Waals surface area (Å²) in [5.41, 5.74) is 2.62. The van der Waals surface area contributed by atoms with Crippen LogP contribution in [0, 0.1) is 12.7 Å². The summed E-state index contributed by atoms with van der Waals surface area (Å²) < 4.78 is 14.6. The maximum absolute atomic E-state index is 12.9. The van der Waals surface area contributed by atoms with Crippen molar-refractivity contribution in [3.05, 3.63) is 41.5 Å². The van der Waals surface area contributed by atoms with E-state index in [1.165, 1.54) is 12.1 Å². The van der Waals surface area contributed by atoms with Gasteiger partial charge < -0.3 is 0 Å². The zero-order chi connectivity index (χ0) is 10.8. The number of halogens is 2. The van der Waals surface area contributed by atoms with E-state index in [1.54, 1.807) is 16.9 Å². The van der Waals surface area contributed by atoms with E-state index in [9.17, 15) is 4.39 Å². The topological polar surface area (TPSA) is 30.7 Å². The van der Waals surface area contributed by atoms with Crippen LogP contribution in [0.5, 0.6) is 0 Å². The summed E-state index contributed by atoms with van der Waals surface area (Å²) in [5.74, 6) is -0.239. The molecule has 0 amide bonds. The Hall–Kier alpha value is -1.23. The SMILES string of the molecule is Cc1cc(F)ccc1-n1nncc1CBr. The maximum atomic E-state index is 12.9. The number of aryl methyl sites for hydroxylation is 1. The van der Waals surface area contributed by atoms with Crippen LogP contribution in [0.4, 0.5) is 4.39 Å². The van der Waals surface area contributed by atoms with Crippen molar-refractivity contribution in [2.45, 2.75) is 12.3 Å². The predicted molar refractivity (Wildman–Crippen MR) is 58.7 cm³/mol. The van der Waals surface area contributed by atoms with E-state index in [2.05, 4.69) is 26.2 Å². The fourth-order valence-electron chi connectivity index (χ4n) is 1.41. The lowest BCUT2D eigenvalue weighted by Gasteiger charge is -2.07. The Bertz CT molecular complexity index is 481. The van der Waals surface area contributed by atoms with Gasteiger partial charge in [0.1, 0.15) is 5.82 Å². The minimum Gasteiger partial charge on any atom is -0.216 e. The van der Waals surface area contributed by atoms with Gasteiger partial charge in [-0.2, -0.15) is 0 Å². The first kappa shape index (κ1) is 10.3. The third-order valence-electron chi connectivity index (χ3n) is 2.14. The summed E-state index contributed by atoms with van der Waals surface area (Å²) in [5, 5.41) is 8.45. The molecule has 0 fully saturated rings. The molecule has 0 aliphatic heterocycles. The van der Waals surface area contributed by atoms with E-state index in [4.69, 9.17) is 0 Å². The molecule has 5 heteroatoms. The van der Waals surface area contributed by atoms with Gasteiger partial charge in [0.15, 0.2) is 0 Å². The number of rotatable bonds is 2. The molecule has 0 radical (unpaired) electrons. The lowest BCUT2D eigenvalue weighted by molar-refractivity contribution is 0.625. The Labute approximate surface area is 95.0 Å². The van der Waals surface area contributed by atoms with Crippen molar-refractivity contribution in [1.29, 1.82) is 0 Å². The van der Waals surface area contributed by atoms with Gasteiger partial charge in [-0.05, 0) is 30.7 Å². The first-order valence-electron chi connectivity index (χ1n) is 4.44. The van der Waals surface area contributed by atoms with Crippen LogP contribution in [0.2, 0.25) is 0 Å². The number of hydrogen-bond acceptors (Lipinski definition) is 2. The smallest absolute Gasteiger partial charge is 0.123 e. The molecule has 78 valence electrons. The van der Waals surface area contributed by atoms with Crippen LogP contribution in [0.3, 0.4) is 0 Å². The summed E-state index contributed by atoms with van der Waals surface area (Å²) >= 11 is 3.35. The molecule has 0 aliphatic carbocycles. The zero-order valence-electron chi connectivity index (χ0n) is 8.11. The second-order valence-electron chi connectivity index (χ2n) is 3.20. The first-order chi connectivity index (χ1) is 7.22. The Balaban J connectivity index is 2.54. The molecule has 15 heavy (non-hydrogen) atoms. The van der Waals surface area contributed by atoms with E-state index >= 15 is 0 Å². The number of benzene rings is 1. The Morgan fingerprint density at radius 2 is 2.27 bits per heavy atom. The average molecular weight is 270 g/mol. The van der Waals surface area contributed by atoms with Gasteiger partial charge in [0.2, 0.25) is 0 Å². The highest BCUT2D eigenvalue weighted by molar-refractivity contribution is 9.08. The molecule has 0 bridgehead atoms. The lowest BCUT2D eigenvalue weighted by atomic mass is 10.2. The van der Waals surface area contributed by atoms with Gasteiger partial charge in [0.05, 0.1) is 17.6 Å². The van der Waals surface area contributed by atoms with Gasteiger partial charge in [-0.1, -0.05) is 21.1 Å². The first-order valence-corrected chi connectivity index (χ1v) is 5.56. The highest BCUT2D eigenvalue weighted by atomic mass is 79.9. The molecule has 0 aliphatic rings. The predicted octanol–water partition coefficient (Wildman–Crippen LogP) is 2.61. The quantitative estimate of drug-likeness (QED) is 0.785. The second kappa shape index (κ2) is 4.10. The average Bonchev–Trinajstić information content (AvgIpc) is 2.65. The minimum atomic E-state index is -0.239. The molecule has 0 spiro atoms. The highest BCUT2D eigenvalue weighted by Gasteiger charge is 2.07. The molecule has 2 rings (SSSR count). The number of alkyl halides is 1. The molecular formula is C10H9BrFN3. The fourth-order valence-corrected chi connectivity index (χ4v) is 1.79. The summed E-state index contributed by atoms with van der Waals surface area (Å²) in [7, 11) is 0. The normalized spacial score (nSPS) is 10.6. The van der Waals surface area contributed by atoms with Crippen LogP contribution >= 0.6 is 15.9 Å². The van der Waals surface area contributed by atoms with Gasteiger partial charge in [-0.3, -0.25) is 0 Å². The van der Waals surface area contributed by atoms with Crippen LogP contribution in [0.25, 0.3) is 5.69 Å². The lowest BCUT2D eigenvalue weighted by Crippen LogP contribution is -2.03. The number of aromatic nitrogens is 3. The molecule has 0 saturated heterocycles. The molecule has 0 unspecified atom stereocenters. The van der Waals surface area contributed by atoms with Crippen molar-refractivity contribution < 1.29 is 4.39 Å². The Kier molecular flexibility index (Phi) is 2.81. The monoisotopic (exact) mass is 269 g/mol. The standard InChI is InChI=1S/C10H9BrFN3/c1-7-4-8(12)2-3-10(7)15-9(5-11)6-13-14-15/h2-4,6H,5H2,1H3. The third kappa shape index (κ3) is 1.92. The molecule has 1 heterocycles. The number of nitrogens with zero attached hydrogens (tertiary/aromatic N) is 3. The van der Waals surface area contributed by atoms with Crippen LogP contribution in [-0.2, 0) is 5.33 Å². The Morgan fingerprint density at radius 1 is 1.47 bits per heavy atom. The van der Waals surface area contributed by atoms with Gasteiger partial charge in [-0.25, -0.2) is 9.07 Å². The van der Waals surface area contributed by atoms with Crippen molar-refractivity contribution in [1.82, 2.24) is 15.0 Å². The molecule has 1 aromatic carbocycles. The summed E-state index contributed by atoms with van der Waals surface area (Å²) in [6.07, 6.45) is 1.68. The van der Waals surface area contributed by atoms with Crippen LogP contribution < -0.4 is 0 Å². The summed E-state index contributed by atoms with van der Waals surface area (Å²) in [6.45, 7) is 1.85. The summed E-state index contributed by atoms with van der Waals surface area (Å²) in [4.78, 5) is 0. The van der Waals surface area contributed by atoms with Gasteiger partial charge in [0, 0.05) is 5.33 Å². The van der Waals surface area contributed by atoms with Crippen molar-refractivity contribution in [3.8, 4) is 5.69 Å². The van der Waals surface area contributed by atoms with E-state index in [-0.39, 0.29) is 5.82 Å². The Morgan fingerprint density at radius 3 is 2.93 bits per heavy atom. The van der Waals surface area contributed by atoms with Gasteiger partial charge >= 0.3 is 0 Å². The molecule has 1 aromatic heterocycles. The molecule has 2 aromatic rings. The molecule has 0 atom stereocenters. The van der Waals surface area contributed by atoms with Crippen LogP contribution in [-0.4, -0.2) is 15.0 Å². The minimum absolute atomic E-state index is 0.239. The van der Waals surface area contributed by atoms with Crippen molar-refractivity contribution in [3.63, 3.8) is 0 Å². The zero-order valence-corrected chi connectivity index (χ0v) is 9.70. The van der Waals surface area contributed by atoms with E-state index in [0.717, 1.165) is 16.9 Å². The van der Waals surface area contributed by atoms with Crippen LogP contribution in [0.1, 0.15) is 11.3 Å². The third-order valence-corrected chi connectivity index (χ3v) is 2.72. The summed E-state index contributed by atoms with van der Waals surface area (Å²) in [6, 6.07) is 4.60. The van der Waals surface area contributed by atoms with Gasteiger partial charge in [-0.15, -0.1) is 5.10 Å². The van der Waals surface area contributed by atoms with Crippen molar-refractivity contribution >= 4 is 15.9 Å². The van der Waals surface area contributed by atoms with Crippen LogP contribution in [0.15, 0.2) is 24.4 Å². The van der Waals surface area contributed by atoms with Crippen molar-refractivity contribution in [2.75, 3.05) is 0 Å². The maximum Gasteiger partial charge on any atom is 0.123 e.